The lowest BCUT2D eigenvalue weighted by Gasteiger charge is -2.14. The monoisotopic (exact) mass is 412 g/mol. The molecule has 1 aliphatic heterocycles. The van der Waals surface area contributed by atoms with Crippen LogP contribution in [0.3, 0.4) is 0 Å². The van der Waals surface area contributed by atoms with Gasteiger partial charge in [-0.15, -0.1) is 0 Å². The summed E-state index contributed by atoms with van der Waals surface area (Å²) in [6, 6.07) is 9.65. The van der Waals surface area contributed by atoms with E-state index in [0.717, 1.165) is 16.8 Å². The zero-order chi connectivity index (χ0) is 21.0. The van der Waals surface area contributed by atoms with E-state index in [4.69, 9.17) is 14.2 Å². The Morgan fingerprint density at radius 2 is 1.79 bits per heavy atom. The molecule has 0 atom stereocenters. The molecule has 2 aromatic rings. The molecule has 0 bridgehead atoms. The number of amides is 1. The molecule has 0 unspecified atom stereocenters. The molecule has 0 aliphatic carbocycles. The summed E-state index contributed by atoms with van der Waals surface area (Å²) in [4.78, 5) is 17.6. The van der Waals surface area contributed by atoms with Gasteiger partial charge in [-0.3, -0.25) is 4.79 Å². The molecule has 1 amide bonds. The molecule has 2 aromatic carbocycles. The van der Waals surface area contributed by atoms with E-state index in [9.17, 15) is 4.79 Å². The quantitative estimate of drug-likeness (QED) is 0.702. The molecule has 0 radical (unpaired) electrons. The Balaban J connectivity index is 1.91. The Kier molecular flexibility index (Phi) is 6.49. The molecular weight excluding hydrogens is 388 g/mol. The molecule has 0 spiro atoms. The summed E-state index contributed by atoms with van der Waals surface area (Å²) in [5.74, 6) is 1.45. The molecule has 1 aliphatic rings. The van der Waals surface area contributed by atoms with Crippen LogP contribution in [0.1, 0.15) is 23.6 Å². The molecule has 6 nitrogen and oxygen atoms in total. The van der Waals surface area contributed by atoms with Crippen LogP contribution in [0.2, 0.25) is 0 Å². The van der Waals surface area contributed by atoms with Gasteiger partial charge in [0.25, 0.3) is 5.91 Å². The molecule has 0 aromatic heterocycles. The third-order valence-corrected chi connectivity index (χ3v) is 5.20. The maximum atomic E-state index is 12.4. The number of ether oxygens (including phenoxy) is 3. The second-order valence-electron chi connectivity index (χ2n) is 6.46. The summed E-state index contributed by atoms with van der Waals surface area (Å²) in [6.07, 6.45) is 1.78. The summed E-state index contributed by atoms with van der Waals surface area (Å²) in [7, 11) is 3.14. The molecule has 1 fully saturated rings. The zero-order valence-electron chi connectivity index (χ0n) is 17.2. The summed E-state index contributed by atoms with van der Waals surface area (Å²) in [6.45, 7) is 6.42. The van der Waals surface area contributed by atoms with Crippen molar-refractivity contribution >= 4 is 34.6 Å². The van der Waals surface area contributed by atoms with Crippen molar-refractivity contribution in [3.63, 3.8) is 0 Å². The van der Waals surface area contributed by atoms with Crippen LogP contribution in [0.4, 0.5) is 5.69 Å². The lowest BCUT2D eigenvalue weighted by molar-refractivity contribution is -0.115. The molecule has 3 rings (SSSR count). The van der Waals surface area contributed by atoms with Gasteiger partial charge in [-0.2, -0.15) is 0 Å². The minimum Gasteiger partial charge on any atom is -0.493 e. The van der Waals surface area contributed by atoms with Crippen LogP contribution in [-0.2, 0) is 4.79 Å². The first kappa shape index (κ1) is 20.8. The number of aryl methyl sites for hydroxylation is 2. The largest absolute Gasteiger partial charge is 0.493 e. The summed E-state index contributed by atoms with van der Waals surface area (Å²) in [5, 5.41) is 3.38. The molecule has 1 heterocycles. The van der Waals surface area contributed by atoms with E-state index in [1.165, 1.54) is 17.3 Å². The van der Waals surface area contributed by atoms with Crippen molar-refractivity contribution in [2.75, 3.05) is 20.8 Å². The second kappa shape index (κ2) is 9.05. The lowest BCUT2D eigenvalue weighted by atomic mass is 10.1. The average molecular weight is 413 g/mol. The number of nitrogens with zero attached hydrogens (tertiary/aromatic N) is 1. The van der Waals surface area contributed by atoms with Gasteiger partial charge in [-0.05, 0) is 67.9 Å². The fraction of sp³-hybridized carbons (Fsp3) is 0.273. The SMILES string of the molecule is CCOc1c(OC)cc(/C=C2\SC(=Nc3ccc(C)cc3C)NC2=O)cc1OC. The summed E-state index contributed by atoms with van der Waals surface area (Å²) < 4.78 is 16.5. The fourth-order valence-corrected chi connectivity index (χ4v) is 3.78. The van der Waals surface area contributed by atoms with Crippen molar-refractivity contribution in [3.8, 4) is 17.2 Å². The number of benzene rings is 2. The number of nitrogens with one attached hydrogen (secondary N) is 1. The minimum absolute atomic E-state index is 0.190. The Hall–Kier alpha value is -2.93. The predicted molar refractivity (Wildman–Crippen MR) is 117 cm³/mol. The Labute approximate surface area is 175 Å². The van der Waals surface area contributed by atoms with E-state index in [-0.39, 0.29) is 5.91 Å². The first-order valence-corrected chi connectivity index (χ1v) is 10.0. The highest BCUT2D eigenvalue weighted by Crippen LogP contribution is 2.40. The van der Waals surface area contributed by atoms with Gasteiger partial charge in [0.15, 0.2) is 16.7 Å². The van der Waals surface area contributed by atoms with Gasteiger partial charge in [0.2, 0.25) is 5.75 Å². The van der Waals surface area contributed by atoms with Crippen LogP contribution >= 0.6 is 11.8 Å². The average Bonchev–Trinajstić information content (AvgIpc) is 3.03. The number of carbonyl (C=O) groups excluding carboxylic acids is 1. The fourth-order valence-electron chi connectivity index (χ4n) is 2.94. The molecular formula is C22H24N2O4S. The Morgan fingerprint density at radius 3 is 2.38 bits per heavy atom. The number of hydrogen-bond donors (Lipinski definition) is 1. The Bertz CT molecular complexity index is 973. The summed E-state index contributed by atoms with van der Waals surface area (Å²) >= 11 is 1.30. The lowest BCUT2D eigenvalue weighted by Crippen LogP contribution is -2.19. The van der Waals surface area contributed by atoms with Crippen molar-refractivity contribution in [2.45, 2.75) is 20.8 Å². The van der Waals surface area contributed by atoms with Gasteiger partial charge < -0.3 is 19.5 Å². The van der Waals surface area contributed by atoms with Crippen LogP contribution in [0.5, 0.6) is 17.2 Å². The summed E-state index contributed by atoms with van der Waals surface area (Å²) in [5.41, 5.74) is 3.84. The van der Waals surface area contributed by atoms with Gasteiger partial charge in [0, 0.05) is 0 Å². The van der Waals surface area contributed by atoms with Crippen LogP contribution in [0, 0.1) is 13.8 Å². The first-order valence-electron chi connectivity index (χ1n) is 9.20. The van der Waals surface area contributed by atoms with E-state index in [0.29, 0.717) is 33.9 Å². The van der Waals surface area contributed by atoms with E-state index >= 15 is 0 Å². The van der Waals surface area contributed by atoms with Gasteiger partial charge in [-0.1, -0.05) is 17.7 Å². The van der Waals surface area contributed by atoms with Crippen LogP contribution in [-0.4, -0.2) is 31.9 Å². The smallest absolute Gasteiger partial charge is 0.264 e. The van der Waals surface area contributed by atoms with Crippen LogP contribution < -0.4 is 19.5 Å². The topological polar surface area (TPSA) is 69.2 Å². The molecule has 1 N–H and O–H groups in total. The highest BCUT2D eigenvalue weighted by molar-refractivity contribution is 8.18. The van der Waals surface area contributed by atoms with Crippen molar-refractivity contribution in [3.05, 3.63) is 51.9 Å². The third kappa shape index (κ3) is 4.74. The minimum atomic E-state index is -0.190. The molecule has 1 saturated heterocycles. The molecule has 0 saturated carbocycles. The van der Waals surface area contributed by atoms with E-state index in [1.807, 2.05) is 45.0 Å². The number of aliphatic imine (C=N–C) groups is 1. The zero-order valence-corrected chi connectivity index (χ0v) is 18.0. The second-order valence-corrected chi connectivity index (χ2v) is 7.49. The van der Waals surface area contributed by atoms with Gasteiger partial charge >= 0.3 is 0 Å². The third-order valence-electron chi connectivity index (χ3n) is 4.29. The Morgan fingerprint density at radius 1 is 1.10 bits per heavy atom. The standard InChI is InChI=1S/C22H24N2O4S/c1-6-28-20-17(26-4)10-15(11-18(20)27-5)12-19-21(25)24-22(29-19)23-16-8-7-13(2)9-14(16)3/h7-12H,6H2,1-5H3,(H,23,24,25)/b19-12-. The maximum absolute atomic E-state index is 12.4. The number of thioether (sulfide) groups is 1. The van der Waals surface area contributed by atoms with Crippen molar-refractivity contribution in [2.24, 2.45) is 4.99 Å². The highest BCUT2D eigenvalue weighted by Gasteiger charge is 2.24. The first-order chi connectivity index (χ1) is 13.9. The van der Waals surface area contributed by atoms with Crippen molar-refractivity contribution < 1.29 is 19.0 Å². The van der Waals surface area contributed by atoms with Crippen LogP contribution in [0.25, 0.3) is 6.08 Å². The van der Waals surface area contributed by atoms with E-state index in [2.05, 4.69) is 16.4 Å². The number of hydrogen-bond acceptors (Lipinski definition) is 6. The van der Waals surface area contributed by atoms with Gasteiger partial charge in [0.05, 0.1) is 31.4 Å². The number of amidine groups is 1. The highest BCUT2D eigenvalue weighted by atomic mass is 32.2. The van der Waals surface area contributed by atoms with Crippen molar-refractivity contribution in [1.29, 1.82) is 0 Å². The number of rotatable bonds is 6. The number of carbonyl (C=O) groups is 1. The van der Waals surface area contributed by atoms with E-state index in [1.54, 1.807) is 20.3 Å². The van der Waals surface area contributed by atoms with Crippen LogP contribution in [0.15, 0.2) is 40.2 Å². The maximum Gasteiger partial charge on any atom is 0.264 e. The van der Waals surface area contributed by atoms with E-state index < -0.39 is 0 Å². The van der Waals surface area contributed by atoms with Gasteiger partial charge in [-0.25, -0.2) is 4.99 Å². The number of methoxy groups -OCH3 is 2. The normalized spacial score (nSPS) is 16.2. The molecule has 29 heavy (non-hydrogen) atoms. The van der Waals surface area contributed by atoms with Gasteiger partial charge in [0.1, 0.15) is 0 Å². The molecule has 152 valence electrons. The van der Waals surface area contributed by atoms with Crippen molar-refractivity contribution in [1.82, 2.24) is 5.32 Å². The predicted octanol–water partition coefficient (Wildman–Crippen LogP) is 4.61. The molecule has 7 heteroatoms.